The molecule has 0 saturated heterocycles. The first kappa shape index (κ1) is 18.2. The van der Waals surface area contributed by atoms with Crippen LogP contribution in [0.25, 0.3) is 0 Å². The lowest BCUT2D eigenvalue weighted by molar-refractivity contribution is -0.124. The predicted molar refractivity (Wildman–Crippen MR) is 91.4 cm³/mol. The van der Waals surface area contributed by atoms with Crippen LogP contribution in [0.2, 0.25) is 5.02 Å². The normalized spacial score (nSPS) is 19.4. The van der Waals surface area contributed by atoms with E-state index in [1.165, 1.54) is 6.20 Å². The first-order valence-electron chi connectivity index (χ1n) is 7.78. The van der Waals surface area contributed by atoms with Crippen LogP contribution < -0.4 is 0 Å². The molecule has 1 aromatic rings. The van der Waals surface area contributed by atoms with Crippen molar-refractivity contribution in [2.45, 2.75) is 26.7 Å². The number of Topliss-reactive ketones (excluding diaryl/α,β-unsaturated/α-hetero) is 1. The lowest BCUT2D eigenvalue weighted by atomic mass is 9.71. The quantitative estimate of drug-likeness (QED) is 0.839. The summed E-state index contributed by atoms with van der Waals surface area (Å²) in [5, 5.41) is 9.61. The van der Waals surface area contributed by atoms with E-state index < -0.39 is 5.41 Å². The summed E-state index contributed by atoms with van der Waals surface area (Å²) in [4.78, 5) is 30.1. The second kappa shape index (κ2) is 7.14. The molecule has 0 aliphatic heterocycles. The molecular formula is C18H20ClN3O2. The number of rotatable bonds is 4. The van der Waals surface area contributed by atoms with Crippen molar-refractivity contribution in [3.8, 4) is 6.07 Å². The van der Waals surface area contributed by atoms with Crippen molar-refractivity contribution in [1.82, 2.24) is 9.88 Å². The van der Waals surface area contributed by atoms with Crippen LogP contribution >= 0.6 is 11.6 Å². The van der Waals surface area contributed by atoms with Crippen LogP contribution in [0.5, 0.6) is 0 Å². The van der Waals surface area contributed by atoms with E-state index in [2.05, 4.69) is 4.98 Å². The number of hydrogen-bond donors (Lipinski definition) is 0. The third kappa shape index (κ3) is 4.01. The van der Waals surface area contributed by atoms with Gasteiger partial charge in [-0.1, -0.05) is 31.5 Å². The van der Waals surface area contributed by atoms with E-state index in [1.807, 2.05) is 19.9 Å². The summed E-state index contributed by atoms with van der Waals surface area (Å²) in [7, 11) is 1.71. The van der Waals surface area contributed by atoms with Gasteiger partial charge in [0.15, 0.2) is 5.78 Å². The summed E-state index contributed by atoms with van der Waals surface area (Å²) in [6.07, 6.45) is 4.56. The summed E-state index contributed by atoms with van der Waals surface area (Å²) in [6.45, 7) is 4.24. The van der Waals surface area contributed by atoms with Crippen LogP contribution in [-0.2, 0) is 4.79 Å². The molecule has 1 atom stereocenters. The maximum Gasteiger partial charge on any atom is 0.272 e. The number of nitrogens with zero attached hydrogens (tertiary/aromatic N) is 3. The van der Waals surface area contributed by atoms with Gasteiger partial charge in [-0.25, -0.2) is 4.98 Å². The van der Waals surface area contributed by atoms with E-state index >= 15 is 0 Å². The van der Waals surface area contributed by atoms with E-state index in [0.29, 0.717) is 30.1 Å². The molecule has 1 unspecified atom stereocenters. The van der Waals surface area contributed by atoms with Gasteiger partial charge in [0.2, 0.25) is 0 Å². The number of carbonyl (C=O) groups excluding carboxylic acids is 2. The standard InChI is InChI=1S/C18H20ClN3O2/c1-18(2)9-12(8-13(10-20)16(18)23)6-7-22(3)17(24)15-5-4-14(19)11-21-15/h4-5,8,11-12H,6-7,9H2,1-3H3. The minimum absolute atomic E-state index is 0.0979. The highest BCUT2D eigenvalue weighted by Gasteiger charge is 2.36. The Morgan fingerprint density at radius 1 is 1.50 bits per heavy atom. The Morgan fingerprint density at radius 3 is 2.79 bits per heavy atom. The van der Waals surface area contributed by atoms with Gasteiger partial charge < -0.3 is 4.90 Å². The second-order valence-electron chi connectivity index (χ2n) is 6.75. The summed E-state index contributed by atoms with van der Waals surface area (Å²) < 4.78 is 0. The molecule has 1 aliphatic carbocycles. The number of halogens is 1. The van der Waals surface area contributed by atoms with Gasteiger partial charge in [-0.05, 0) is 30.9 Å². The number of amides is 1. The van der Waals surface area contributed by atoms with E-state index in [0.717, 1.165) is 0 Å². The van der Waals surface area contributed by atoms with Crippen LogP contribution in [0.1, 0.15) is 37.2 Å². The lowest BCUT2D eigenvalue weighted by Gasteiger charge is -2.32. The molecule has 6 heteroatoms. The van der Waals surface area contributed by atoms with E-state index in [9.17, 15) is 9.59 Å². The predicted octanol–water partition coefficient (Wildman–Crippen LogP) is 3.26. The van der Waals surface area contributed by atoms with Gasteiger partial charge in [0.1, 0.15) is 11.8 Å². The first-order valence-corrected chi connectivity index (χ1v) is 8.16. The molecule has 1 aliphatic rings. The Labute approximate surface area is 146 Å². The fourth-order valence-corrected chi connectivity index (χ4v) is 3.03. The molecule has 0 spiro atoms. The van der Waals surface area contributed by atoms with Crippen LogP contribution in [0.15, 0.2) is 30.0 Å². The smallest absolute Gasteiger partial charge is 0.272 e. The zero-order valence-corrected chi connectivity index (χ0v) is 14.8. The number of ketones is 1. The zero-order chi connectivity index (χ0) is 17.9. The Kier molecular flexibility index (Phi) is 5.40. The first-order chi connectivity index (χ1) is 11.2. The van der Waals surface area contributed by atoms with Crippen molar-refractivity contribution in [2.24, 2.45) is 11.3 Å². The molecule has 24 heavy (non-hydrogen) atoms. The van der Waals surface area contributed by atoms with Crippen LogP contribution in [0.3, 0.4) is 0 Å². The van der Waals surface area contributed by atoms with E-state index in [1.54, 1.807) is 30.2 Å². The minimum atomic E-state index is -0.537. The van der Waals surface area contributed by atoms with Crippen LogP contribution in [0.4, 0.5) is 0 Å². The number of pyridine rings is 1. The highest BCUT2D eigenvalue weighted by molar-refractivity contribution is 6.30. The van der Waals surface area contributed by atoms with Crippen molar-refractivity contribution in [3.05, 3.63) is 40.7 Å². The Morgan fingerprint density at radius 2 is 2.21 bits per heavy atom. The Balaban J connectivity index is 2.01. The minimum Gasteiger partial charge on any atom is -0.340 e. The molecule has 2 rings (SSSR count). The maximum atomic E-state index is 12.3. The number of carbonyl (C=O) groups is 2. The molecule has 1 heterocycles. The molecular weight excluding hydrogens is 326 g/mol. The largest absolute Gasteiger partial charge is 0.340 e. The highest BCUT2D eigenvalue weighted by atomic mass is 35.5. The van der Waals surface area contributed by atoms with Crippen molar-refractivity contribution >= 4 is 23.3 Å². The van der Waals surface area contributed by atoms with Gasteiger partial charge in [0.05, 0.1) is 10.6 Å². The molecule has 0 aromatic carbocycles. The number of allylic oxidation sites excluding steroid dienone is 2. The average Bonchev–Trinajstić information content (AvgIpc) is 2.55. The van der Waals surface area contributed by atoms with Gasteiger partial charge in [-0.2, -0.15) is 5.26 Å². The van der Waals surface area contributed by atoms with Crippen LogP contribution in [0, 0.1) is 22.7 Å². The molecule has 0 saturated carbocycles. The summed E-state index contributed by atoms with van der Waals surface area (Å²) >= 11 is 5.78. The third-order valence-corrected chi connectivity index (χ3v) is 4.51. The van der Waals surface area contributed by atoms with Gasteiger partial charge in [-0.3, -0.25) is 9.59 Å². The average molecular weight is 346 g/mol. The van der Waals surface area contributed by atoms with Crippen molar-refractivity contribution < 1.29 is 9.59 Å². The maximum absolute atomic E-state index is 12.3. The molecule has 5 nitrogen and oxygen atoms in total. The highest BCUT2D eigenvalue weighted by Crippen LogP contribution is 2.36. The van der Waals surface area contributed by atoms with E-state index in [4.69, 9.17) is 16.9 Å². The molecule has 126 valence electrons. The second-order valence-corrected chi connectivity index (χ2v) is 7.18. The van der Waals surface area contributed by atoms with Gasteiger partial charge in [0, 0.05) is 25.2 Å². The SMILES string of the molecule is CN(CCC1C=C(C#N)C(=O)C(C)(C)C1)C(=O)c1ccc(Cl)cn1. The van der Waals surface area contributed by atoms with Crippen molar-refractivity contribution in [2.75, 3.05) is 13.6 Å². The molecule has 0 fully saturated rings. The zero-order valence-electron chi connectivity index (χ0n) is 14.0. The van der Waals surface area contributed by atoms with Gasteiger partial charge in [-0.15, -0.1) is 0 Å². The molecule has 0 N–H and O–H groups in total. The van der Waals surface area contributed by atoms with Crippen molar-refractivity contribution in [3.63, 3.8) is 0 Å². The molecule has 1 amide bonds. The summed E-state index contributed by atoms with van der Waals surface area (Å²) in [6, 6.07) is 5.22. The van der Waals surface area contributed by atoms with Crippen LogP contribution in [-0.4, -0.2) is 35.2 Å². The number of aromatic nitrogens is 1. The molecule has 0 bridgehead atoms. The fourth-order valence-electron chi connectivity index (χ4n) is 2.92. The molecule has 1 aromatic heterocycles. The fraction of sp³-hybridized carbons (Fsp3) is 0.444. The number of hydrogen-bond acceptors (Lipinski definition) is 4. The lowest BCUT2D eigenvalue weighted by Crippen LogP contribution is -2.34. The molecule has 0 radical (unpaired) electrons. The Hall–Kier alpha value is -2.19. The van der Waals surface area contributed by atoms with E-state index in [-0.39, 0.29) is 23.2 Å². The van der Waals surface area contributed by atoms with Crippen molar-refractivity contribution in [1.29, 1.82) is 5.26 Å². The Bertz CT molecular complexity index is 717. The van der Waals surface area contributed by atoms with Gasteiger partial charge in [0.25, 0.3) is 5.91 Å². The monoisotopic (exact) mass is 345 g/mol. The topological polar surface area (TPSA) is 74.1 Å². The summed E-state index contributed by atoms with van der Waals surface area (Å²) in [5.41, 5.74) is 0.0315. The van der Waals surface area contributed by atoms with Gasteiger partial charge >= 0.3 is 0 Å². The third-order valence-electron chi connectivity index (χ3n) is 4.28. The summed E-state index contributed by atoms with van der Waals surface area (Å²) in [5.74, 6) is -0.181. The number of nitriles is 1.